The molecule has 2 atom stereocenters. The van der Waals surface area contributed by atoms with E-state index in [9.17, 15) is 14.7 Å². The van der Waals surface area contributed by atoms with Crippen LogP contribution in [0.25, 0.3) is 0 Å². The molecule has 1 aliphatic heterocycles. The quantitative estimate of drug-likeness (QED) is 0.465. The first-order chi connectivity index (χ1) is 16.3. The minimum Gasteiger partial charge on any atom is -0.481 e. The minimum atomic E-state index is -1.53. The van der Waals surface area contributed by atoms with E-state index in [4.69, 9.17) is 5.73 Å². The van der Waals surface area contributed by atoms with E-state index in [0.717, 1.165) is 22.4 Å². The van der Waals surface area contributed by atoms with Crippen molar-refractivity contribution in [1.29, 1.82) is 0 Å². The van der Waals surface area contributed by atoms with Gasteiger partial charge >= 0.3 is 5.97 Å². The lowest BCUT2D eigenvalue weighted by Crippen LogP contribution is -2.61. The Morgan fingerprint density at radius 2 is 1.60 bits per heavy atom. The Morgan fingerprint density at radius 1 is 0.971 bits per heavy atom. The van der Waals surface area contributed by atoms with Crippen LogP contribution < -0.4 is 10.6 Å². The molecule has 3 N–H and O–H groups in total. The number of aryl methyl sites for hydroxylation is 1. The number of halogens is 1. The lowest BCUT2D eigenvalue weighted by Gasteiger charge is -2.36. The van der Waals surface area contributed by atoms with Crippen molar-refractivity contribution in [2.75, 3.05) is 4.90 Å². The van der Waals surface area contributed by atoms with Gasteiger partial charge in [-0.3, -0.25) is 9.59 Å². The maximum absolute atomic E-state index is 14.1. The normalized spacial score (nSPS) is 18.4. The number of nitrogens with zero attached hydrogens (tertiary/aromatic N) is 1. The second kappa shape index (κ2) is 11.1. The highest BCUT2D eigenvalue weighted by molar-refractivity contribution is 6.04. The monoisotopic (exact) mass is 492 g/mol. The topological polar surface area (TPSA) is 83.6 Å². The number of carboxylic acids is 1. The van der Waals surface area contributed by atoms with Crippen LogP contribution in [-0.4, -0.2) is 22.5 Å². The highest BCUT2D eigenvalue weighted by Crippen LogP contribution is 2.36. The molecule has 0 saturated carbocycles. The van der Waals surface area contributed by atoms with Crippen molar-refractivity contribution in [1.82, 2.24) is 0 Å². The van der Waals surface area contributed by atoms with Crippen LogP contribution in [0.5, 0.6) is 0 Å². The van der Waals surface area contributed by atoms with Gasteiger partial charge in [0, 0.05) is 5.69 Å². The number of para-hydroxylation sites is 1. The predicted octanol–water partition coefficient (Wildman–Crippen LogP) is 5.35. The molecule has 0 unspecified atom stereocenters. The van der Waals surface area contributed by atoms with Crippen molar-refractivity contribution >= 4 is 30.0 Å². The van der Waals surface area contributed by atoms with Gasteiger partial charge in [-0.1, -0.05) is 86.6 Å². The summed E-state index contributed by atoms with van der Waals surface area (Å²) in [6.07, 6.45) is 1.01. The highest BCUT2D eigenvalue weighted by Gasteiger charge is 2.49. The van der Waals surface area contributed by atoms with Gasteiger partial charge in [0.05, 0.1) is 12.5 Å². The lowest BCUT2D eigenvalue weighted by atomic mass is 9.76. The van der Waals surface area contributed by atoms with Crippen LogP contribution in [0.1, 0.15) is 48.4 Å². The third kappa shape index (κ3) is 5.58. The molecule has 5 nitrogen and oxygen atoms in total. The van der Waals surface area contributed by atoms with Crippen LogP contribution in [-0.2, 0) is 29.0 Å². The number of hydrogen-bond donors (Lipinski definition) is 2. The molecule has 0 radical (unpaired) electrons. The standard InChI is InChI=1S/C29H32N2O3.ClH/c1-20(2)23-14-12-22(13-15-23)19-31-26-11-7-6-10-24(26)16-17-29(30,28(31)34)25(27(32)33)18-21-8-4-3-5-9-21;/h3-15,20,25H,16-19,30H2,1-2H3,(H,32,33);1H/t25-,29+;/m1./s1. The summed E-state index contributed by atoms with van der Waals surface area (Å²) in [5, 5.41) is 10.2. The second-order valence-electron chi connectivity index (χ2n) is 9.54. The van der Waals surface area contributed by atoms with E-state index in [1.54, 1.807) is 4.90 Å². The summed E-state index contributed by atoms with van der Waals surface area (Å²) >= 11 is 0. The fourth-order valence-corrected chi connectivity index (χ4v) is 4.81. The number of fused-ring (bicyclic) bond motifs is 1. The maximum atomic E-state index is 14.1. The Balaban J connectivity index is 0.00000342. The average Bonchev–Trinajstić information content (AvgIpc) is 2.94. The predicted molar refractivity (Wildman–Crippen MR) is 142 cm³/mol. The summed E-state index contributed by atoms with van der Waals surface area (Å²) in [7, 11) is 0. The Labute approximate surface area is 213 Å². The van der Waals surface area contributed by atoms with Crippen molar-refractivity contribution in [2.24, 2.45) is 11.7 Å². The number of rotatable bonds is 7. The fourth-order valence-electron chi connectivity index (χ4n) is 4.81. The van der Waals surface area contributed by atoms with Crippen molar-refractivity contribution in [2.45, 2.75) is 51.1 Å². The van der Waals surface area contributed by atoms with Crippen LogP contribution in [0.2, 0.25) is 0 Å². The summed E-state index contributed by atoms with van der Waals surface area (Å²) in [5.41, 5.74) is 10.1. The summed E-state index contributed by atoms with van der Waals surface area (Å²) in [6, 6.07) is 25.4. The summed E-state index contributed by atoms with van der Waals surface area (Å²) in [4.78, 5) is 28.2. The molecule has 1 amide bonds. The van der Waals surface area contributed by atoms with E-state index in [1.807, 2.05) is 66.7 Å². The third-order valence-corrected chi connectivity index (χ3v) is 6.92. The van der Waals surface area contributed by atoms with E-state index >= 15 is 0 Å². The number of nitrogens with two attached hydrogens (primary N) is 1. The number of carboxylic acid groups (broad SMARTS) is 1. The number of aliphatic carboxylic acids is 1. The van der Waals surface area contributed by atoms with E-state index in [0.29, 0.717) is 18.9 Å². The van der Waals surface area contributed by atoms with Gasteiger partial charge in [0.25, 0.3) is 0 Å². The molecule has 184 valence electrons. The molecule has 3 aromatic rings. The molecule has 0 aromatic heterocycles. The van der Waals surface area contributed by atoms with Crippen LogP contribution >= 0.6 is 12.4 Å². The molecule has 6 heteroatoms. The molecule has 0 fully saturated rings. The zero-order valence-electron chi connectivity index (χ0n) is 20.2. The number of anilines is 1. The first kappa shape index (κ1) is 26.5. The van der Waals surface area contributed by atoms with Gasteiger partial charge < -0.3 is 15.7 Å². The molecule has 0 saturated heterocycles. The molecular formula is C29H33ClN2O3. The van der Waals surface area contributed by atoms with Gasteiger partial charge in [0.15, 0.2) is 0 Å². The maximum Gasteiger partial charge on any atom is 0.309 e. The van der Waals surface area contributed by atoms with Crippen LogP contribution in [0.3, 0.4) is 0 Å². The summed E-state index contributed by atoms with van der Waals surface area (Å²) in [6.45, 7) is 4.63. The van der Waals surface area contributed by atoms with Gasteiger partial charge in [-0.2, -0.15) is 0 Å². The van der Waals surface area contributed by atoms with Gasteiger partial charge in [-0.15, -0.1) is 12.4 Å². The summed E-state index contributed by atoms with van der Waals surface area (Å²) in [5.74, 6) is -2.01. The van der Waals surface area contributed by atoms with Gasteiger partial charge in [0.2, 0.25) is 5.91 Å². The van der Waals surface area contributed by atoms with E-state index in [-0.39, 0.29) is 31.2 Å². The first-order valence-corrected chi connectivity index (χ1v) is 11.8. The van der Waals surface area contributed by atoms with Crippen LogP contribution in [0.15, 0.2) is 78.9 Å². The molecule has 0 bridgehead atoms. The number of hydrogen-bond acceptors (Lipinski definition) is 3. The zero-order valence-corrected chi connectivity index (χ0v) is 21.0. The third-order valence-electron chi connectivity index (χ3n) is 6.92. The van der Waals surface area contributed by atoms with E-state index < -0.39 is 17.4 Å². The molecule has 0 spiro atoms. The molecule has 1 heterocycles. The van der Waals surface area contributed by atoms with E-state index in [2.05, 4.69) is 26.0 Å². The Kier molecular flexibility index (Phi) is 8.36. The molecule has 1 aliphatic rings. The van der Waals surface area contributed by atoms with Crippen molar-refractivity contribution in [3.8, 4) is 0 Å². The molecule has 0 aliphatic carbocycles. The number of carbonyl (C=O) groups excluding carboxylic acids is 1. The Hall–Kier alpha value is -3.15. The number of amides is 1. The largest absolute Gasteiger partial charge is 0.481 e. The molecular weight excluding hydrogens is 460 g/mol. The highest BCUT2D eigenvalue weighted by atomic mass is 35.5. The van der Waals surface area contributed by atoms with Gasteiger partial charge in [-0.25, -0.2) is 0 Å². The minimum absolute atomic E-state index is 0. The average molecular weight is 493 g/mol. The number of carbonyl (C=O) groups is 2. The SMILES string of the molecule is CC(C)c1ccc(CN2C(=O)[C@@](N)([C@H](Cc3ccccc3)C(=O)O)CCc3ccccc32)cc1.Cl. The fraction of sp³-hybridized carbons (Fsp3) is 0.310. The molecule has 4 rings (SSSR count). The molecule has 3 aromatic carbocycles. The second-order valence-corrected chi connectivity index (χ2v) is 9.54. The van der Waals surface area contributed by atoms with E-state index in [1.165, 1.54) is 5.56 Å². The Bertz CT molecular complexity index is 1160. The van der Waals surface area contributed by atoms with Crippen molar-refractivity contribution in [3.05, 3.63) is 101 Å². The molecule has 35 heavy (non-hydrogen) atoms. The van der Waals surface area contributed by atoms with Crippen LogP contribution in [0.4, 0.5) is 5.69 Å². The number of benzene rings is 3. The van der Waals surface area contributed by atoms with Gasteiger partial charge in [0.1, 0.15) is 5.54 Å². The lowest BCUT2D eigenvalue weighted by molar-refractivity contribution is -0.148. The van der Waals surface area contributed by atoms with Crippen molar-refractivity contribution < 1.29 is 14.7 Å². The van der Waals surface area contributed by atoms with Crippen LogP contribution in [0, 0.1) is 5.92 Å². The first-order valence-electron chi connectivity index (χ1n) is 11.8. The smallest absolute Gasteiger partial charge is 0.309 e. The zero-order chi connectivity index (χ0) is 24.3. The Morgan fingerprint density at radius 3 is 2.23 bits per heavy atom. The van der Waals surface area contributed by atoms with Crippen molar-refractivity contribution in [3.63, 3.8) is 0 Å². The van der Waals surface area contributed by atoms with Gasteiger partial charge in [-0.05, 0) is 53.5 Å². The summed E-state index contributed by atoms with van der Waals surface area (Å²) < 4.78 is 0.